The van der Waals surface area contributed by atoms with E-state index < -0.39 is 4.92 Å². The van der Waals surface area contributed by atoms with Gasteiger partial charge in [0.1, 0.15) is 5.75 Å². The van der Waals surface area contributed by atoms with E-state index in [0.717, 1.165) is 11.3 Å². The van der Waals surface area contributed by atoms with Crippen molar-refractivity contribution < 1.29 is 14.5 Å². The van der Waals surface area contributed by atoms with Gasteiger partial charge in [0.05, 0.1) is 17.2 Å². The summed E-state index contributed by atoms with van der Waals surface area (Å²) in [6, 6.07) is 12.0. The highest BCUT2D eigenvalue weighted by Gasteiger charge is 2.22. The van der Waals surface area contributed by atoms with Crippen molar-refractivity contribution in [2.45, 2.75) is 13.8 Å². The van der Waals surface area contributed by atoms with Crippen LogP contribution in [0.15, 0.2) is 42.5 Å². The Morgan fingerprint density at radius 1 is 1.14 bits per heavy atom. The number of nitrogens with zero attached hydrogens (tertiary/aromatic N) is 3. The summed E-state index contributed by atoms with van der Waals surface area (Å²) < 4.78 is 5.62. The largest absolute Gasteiger partial charge is 0.492 e. The first-order valence-corrected chi connectivity index (χ1v) is 9.26. The molecule has 148 valence electrons. The maximum atomic E-state index is 12.6. The van der Waals surface area contributed by atoms with Crippen LogP contribution >= 0.6 is 0 Å². The zero-order valence-corrected chi connectivity index (χ0v) is 16.1. The Morgan fingerprint density at radius 2 is 1.82 bits per heavy atom. The number of benzene rings is 2. The Morgan fingerprint density at radius 3 is 2.43 bits per heavy atom. The molecule has 2 aromatic carbocycles. The normalized spacial score (nSPS) is 13.9. The van der Waals surface area contributed by atoms with Crippen LogP contribution in [0.1, 0.15) is 12.5 Å². The molecule has 0 aliphatic carbocycles. The number of nitro groups is 1. The van der Waals surface area contributed by atoms with Gasteiger partial charge in [0, 0.05) is 44.0 Å². The van der Waals surface area contributed by atoms with E-state index in [1.807, 2.05) is 32.0 Å². The number of nitrogens with one attached hydrogen (secondary N) is 1. The number of nitro benzene ring substituents is 1. The number of piperazine rings is 1. The number of carbonyl (C=O) groups is 1. The van der Waals surface area contributed by atoms with E-state index in [-0.39, 0.29) is 11.7 Å². The molecule has 0 spiro atoms. The molecule has 1 saturated heterocycles. The lowest BCUT2D eigenvalue weighted by Crippen LogP contribution is -2.50. The fourth-order valence-electron chi connectivity index (χ4n) is 3.15. The van der Waals surface area contributed by atoms with Crippen LogP contribution in [0.25, 0.3) is 0 Å². The number of aryl methyl sites for hydroxylation is 1. The average Bonchev–Trinajstić information content (AvgIpc) is 2.70. The summed E-state index contributed by atoms with van der Waals surface area (Å²) in [6.45, 7) is 6.88. The minimum absolute atomic E-state index is 0.0740. The predicted octanol–water partition coefficient (Wildman–Crippen LogP) is 3.66. The van der Waals surface area contributed by atoms with Gasteiger partial charge < -0.3 is 19.9 Å². The summed E-state index contributed by atoms with van der Waals surface area (Å²) in [5, 5.41) is 13.7. The fraction of sp³-hybridized carbons (Fsp3) is 0.350. The lowest BCUT2D eigenvalue weighted by atomic mass is 10.2. The van der Waals surface area contributed by atoms with Gasteiger partial charge in [0.2, 0.25) is 0 Å². The van der Waals surface area contributed by atoms with Crippen molar-refractivity contribution in [3.8, 4) is 5.75 Å². The lowest BCUT2D eigenvalue weighted by molar-refractivity contribution is -0.384. The molecule has 3 rings (SSSR count). The van der Waals surface area contributed by atoms with Crippen LogP contribution in [0.2, 0.25) is 0 Å². The molecule has 1 aliphatic rings. The number of amides is 2. The quantitative estimate of drug-likeness (QED) is 0.628. The molecular formula is C20H24N4O4. The summed E-state index contributed by atoms with van der Waals surface area (Å²) >= 11 is 0. The van der Waals surface area contributed by atoms with Crippen molar-refractivity contribution in [2.24, 2.45) is 0 Å². The molecule has 0 aromatic heterocycles. The second-order valence-electron chi connectivity index (χ2n) is 6.61. The molecule has 2 amide bonds. The average molecular weight is 384 g/mol. The third-order valence-corrected chi connectivity index (χ3v) is 4.67. The first-order valence-electron chi connectivity index (χ1n) is 9.26. The van der Waals surface area contributed by atoms with E-state index in [4.69, 9.17) is 4.74 Å². The molecule has 1 heterocycles. The summed E-state index contributed by atoms with van der Waals surface area (Å²) in [7, 11) is 0. The molecule has 0 unspecified atom stereocenters. The van der Waals surface area contributed by atoms with Gasteiger partial charge in [-0.05, 0) is 43.7 Å². The number of rotatable bonds is 5. The van der Waals surface area contributed by atoms with Gasteiger partial charge in [0.15, 0.2) is 0 Å². The van der Waals surface area contributed by atoms with Crippen molar-refractivity contribution >= 4 is 23.1 Å². The number of hydrogen-bond donors (Lipinski definition) is 1. The summed E-state index contributed by atoms with van der Waals surface area (Å²) in [5.74, 6) is 0.667. The molecule has 1 aliphatic heterocycles. The summed E-state index contributed by atoms with van der Waals surface area (Å²) in [6.07, 6.45) is 0. The highest BCUT2D eigenvalue weighted by molar-refractivity contribution is 5.91. The van der Waals surface area contributed by atoms with Gasteiger partial charge in [-0.2, -0.15) is 0 Å². The number of non-ortho nitro benzene ring substituents is 1. The zero-order chi connectivity index (χ0) is 20.1. The molecule has 8 nitrogen and oxygen atoms in total. The topological polar surface area (TPSA) is 88.0 Å². The molecule has 1 N–H and O–H groups in total. The van der Waals surface area contributed by atoms with E-state index in [1.165, 1.54) is 12.1 Å². The van der Waals surface area contributed by atoms with Gasteiger partial charge in [-0.25, -0.2) is 4.79 Å². The predicted molar refractivity (Wildman–Crippen MR) is 108 cm³/mol. The van der Waals surface area contributed by atoms with Crippen LogP contribution in [0.4, 0.5) is 21.9 Å². The van der Waals surface area contributed by atoms with Crippen molar-refractivity contribution in [3.05, 3.63) is 58.1 Å². The fourth-order valence-corrected chi connectivity index (χ4v) is 3.15. The number of ether oxygens (including phenoxy) is 1. The number of urea groups is 1. The monoisotopic (exact) mass is 384 g/mol. The van der Waals surface area contributed by atoms with Crippen LogP contribution in [-0.4, -0.2) is 48.6 Å². The number of hydrogen-bond acceptors (Lipinski definition) is 5. The second kappa shape index (κ2) is 8.60. The maximum absolute atomic E-state index is 12.6. The molecule has 28 heavy (non-hydrogen) atoms. The third kappa shape index (κ3) is 4.51. The van der Waals surface area contributed by atoms with Gasteiger partial charge in [-0.1, -0.05) is 6.07 Å². The lowest BCUT2D eigenvalue weighted by Gasteiger charge is -2.36. The first-order chi connectivity index (χ1) is 13.5. The van der Waals surface area contributed by atoms with Gasteiger partial charge in [0.25, 0.3) is 5.69 Å². The molecule has 1 fully saturated rings. The molecule has 0 atom stereocenters. The van der Waals surface area contributed by atoms with Crippen LogP contribution in [0.5, 0.6) is 5.75 Å². The van der Waals surface area contributed by atoms with Crippen molar-refractivity contribution in [3.63, 3.8) is 0 Å². The van der Waals surface area contributed by atoms with Gasteiger partial charge in [-0.15, -0.1) is 0 Å². The Labute approximate surface area is 163 Å². The first kappa shape index (κ1) is 19.5. The van der Waals surface area contributed by atoms with Crippen LogP contribution in [0, 0.1) is 17.0 Å². The van der Waals surface area contributed by atoms with E-state index in [1.54, 1.807) is 17.0 Å². The number of carbonyl (C=O) groups excluding carboxylic acids is 1. The molecule has 0 bridgehead atoms. The maximum Gasteiger partial charge on any atom is 0.322 e. The van der Waals surface area contributed by atoms with E-state index in [2.05, 4.69) is 10.2 Å². The van der Waals surface area contributed by atoms with Crippen molar-refractivity contribution in [1.29, 1.82) is 0 Å². The third-order valence-electron chi connectivity index (χ3n) is 4.67. The Balaban J connectivity index is 1.59. The zero-order valence-electron chi connectivity index (χ0n) is 16.1. The van der Waals surface area contributed by atoms with Crippen molar-refractivity contribution in [2.75, 3.05) is 43.0 Å². The van der Waals surface area contributed by atoms with Crippen LogP contribution in [-0.2, 0) is 0 Å². The Hall–Kier alpha value is -3.29. The number of anilines is 2. The Bertz CT molecular complexity index is 846. The standard InChI is InChI=1S/C20H24N4O4/c1-3-28-19-14-15(2)4-9-18(19)21-20(25)23-12-10-22(11-13-23)16-5-7-17(8-6-16)24(26)27/h4-9,14H,3,10-13H2,1-2H3,(H,21,25). The smallest absolute Gasteiger partial charge is 0.322 e. The highest BCUT2D eigenvalue weighted by atomic mass is 16.6. The van der Waals surface area contributed by atoms with Crippen LogP contribution in [0.3, 0.4) is 0 Å². The highest BCUT2D eigenvalue weighted by Crippen LogP contribution is 2.26. The van der Waals surface area contributed by atoms with Gasteiger partial charge >= 0.3 is 6.03 Å². The Kier molecular flexibility index (Phi) is 5.98. The second-order valence-corrected chi connectivity index (χ2v) is 6.61. The SMILES string of the molecule is CCOc1cc(C)ccc1NC(=O)N1CCN(c2ccc([N+](=O)[O-])cc2)CC1. The molecule has 8 heteroatoms. The van der Waals surface area contributed by atoms with Gasteiger partial charge in [-0.3, -0.25) is 10.1 Å². The van der Waals surface area contributed by atoms with E-state index >= 15 is 0 Å². The van der Waals surface area contributed by atoms with Crippen LogP contribution < -0.4 is 15.0 Å². The minimum Gasteiger partial charge on any atom is -0.492 e. The van der Waals surface area contributed by atoms with E-state index in [0.29, 0.717) is 44.2 Å². The molecule has 0 radical (unpaired) electrons. The molecule has 2 aromatic rings. The minimum atomic E-state index is -0.409. The molecular weight excluding hydrogens is 360 g/mol. The summed E-state index contributed by atoms with van der Waals surface area (Å²) in [5.41, 5.74) is 2.72. The van der Waals surface area contributed by atoms with E-state index in [9.17, 15) is 14.9 Å². The summed E-state index contributed by atoms with van der Waals surface area (Å²) in [4.78, 5) is 26.9. The molecule has 0 saturated carbocycles. The van der Waals surface area contributed by atoms with Crippen molar-refractivity contribution in [1.82, 2.24) is 4.90 Å².